The van der Waals surface area contributed by atoms with E-state index in [2.05, 4.69) is 91.0 Å². The van der Waals surface area contributed by atoms with Gasteiger partial charge in [0.15, 0.2) is 0 Å². The van der Waals surface area contributed by atoms with Crippen LogP contribution in [0, 0.1) is 0 Å². The molecule has 3 aromatic rings. The van der Waals surface area contributed by atoms with Gasteiger partial charge in [-0.2, -0.15) is 0 Å². The molecule has 111 valence electrons. The highest BCUT2D eigenvalue weighted by molar-refractivity contribution is 7.95. The predicted octanol–water partition coefficient (Wildman–Crippen LogP) is 4.22. The number of benzene rings is 3. The van der Waals surface area contributed by atoms with Crippen LogP contribution in [0.3, 0.4) is 0 Å². The van der Waals surface area contributed by atoms with Gasteiger partial charge in [-0.3, -0.25) is 0 Å². The van der Waals surface area contributed by atoms with Gasteiger partial charge in [0, 0.05) is 5.88 Å². The maximum absolute atomic E-state index is 6.26. The summed E-state index contributed by atoms with van der Waals surface area (Å²) in [5.74, 6) is 0.659. The van der Waals surface area contributed by atoms with E-state index in [0.717, 1.165) is 6.16 Å². The fourth-order valence-corrected chi connectivity index (χ4v) is 7.74. The molecule has 0 N–H and O–H groups in total. The van der Waals surface area contributed by atoms with Gasteiger partial charge >= 0.3 is 0 Å². The molecule has 0 heterocycles. The van der Waals surface area contributed by atoms with Gasteiger partial charge in [-0.15, -0.1) is 11.6 Å². The third kappa shape index (κ3) is 2.82. The molecule has 0 bridgehead atoms. The van der Waals surface area contributed by atoms with Gasteiger partial charge in [0.2, 0.25) is 0 Å². The molecule has 22 heavy (non-hydrogen) atoms. The van der Waals surface area contributed by atoms with Crippen molar-refractivity contribution in [3.05, 3.63) is 91.0 Å². The van der Waals surface area contributed by atoms with Crippen LogP contribution >= 0.6 is 18.9 Å². The average Bonchev–Trinajstić information content (AvgIpc) is 2.62. The van der Waals surface area contributed by atoms with Crippen LogP contribution in [0.25, 0.3) is 0 Å². The summed E-state index contributed by atoms with van der Waals surface area (Å²) in [4.78, 5) is 0. The molecule has 0 atom stereocenters. The first-order valence-corrected chi connectivity index (χ1v) is 9.99. The van der Waals surface area contributed by atoms with Crippen molar-refractivity contribution in [3.8, 4) is 0 Å². The Kier molecular flexibility index (Phi) is 4.93. The van der Waals surface area contributed by atoms with Gasteiger partial charge in [0.1, 0.15) is 0 Å². The summed E-state index contributed by atoms with van der Waals surface area (Å²) in [7, 11) is -1.69. The zero-order valence-electron chi connectivity index (χ0n) is 12.4. The molecule has 2 heteroatoms. The minimum Gasteiger partial charge on any atom is -0.126 e. The Morgan fingerprint density at radius 1 is 0.545 bits per heavy atom. The third-order valence-electron chi connectivity index (χ3n) is 4.01. The monoisotopic (exact) mass is 325 g/mol. The van der Waals surface area contributed by atoms with E-state index < -0.39 is 7.26 Å². The van der Waals surface area contributed by atoms with Crippen LogP contribution in [0.1, 0.15) is 0 Å². The molecule has 0 nitrogen and oxygen atoms in total. The smallest absolute Gasteiger partial charge is 0.0268 e. The molecule has 0 aromatic heterocycles. The Balaban J connectivity index is 2.29. The highest BCUT2D eigenvalue weighted by atomic mass is 35.5. The van der Waals surface area contributed by atoms with Gasteiger partial charge in [0.25, 0.3) is 0 Å². The molecule has 3 rings (SSSR count). The first-order valence-electron chi connectivity index (χ1n) is 7.49. The van der Waals surface area contributed by atoms with E-state index in [1.807, 2.05) is 0 Å². The molecule has 1 radical (unpaired) electrons. The normalized spacial score (nSPS) is 11.3. The second kappa shape index (κ2) is 7.09. The summed E-state index contributed by atoms with van der Waals surface area (Å²) < 4.78 is 0. The van der Waals surface area contributed by atoms with Gasteiger partial charge in [0.05, 0.1) is 0 Å². The summed E-state index contributed by atoms with van der Waals surface area (Å²) in [5, 5.41) is 4.19. The highest BCUT2D eigenvalue weighted by Crippen LogP contribution is 2.55. The maximum atomic E-state index is 6.26. The topological polar surface area (TPSA) is 0 Å². The summed E-state index contributed by atoms with van der Waals surface area (Å²) in [6.45, 7) is 0. The standard InChI is InChI=1S/C20H19ClP/c21-16-17-22(18-10-4-1-5-11-18,19-12-6-2-7-13-19)20-14-8-3-9-15-20/h1-15H,16-17H2. The molecule has 0 aliphatic carbocycles. The average molecular weight is 326 g/mol. The first-order chi connectivity index (χ1) is 10.9. The van der Waals surface area contributed by atoms with Crippen LogP contribution in [0.5, 0.6) is 0 Å². The first kappa shape index (κ1) is 15.3. The fourth-order valence-electron chi connectivity index (χ4n) is 3.01. The van der Waals surface area contributed by atoms with Crippen molar-refractivity contribution in [2.45, 2.75) is 0 Å². The molecule has 3 aromatic carbocycles. The number of rotatable bonds is 5. The van der Waals surface area contributed by atoms with E-state index in [1.165, 1.54) is 15.9 Å². The van der Waals surface area contributed by atoms with E-state index in [1.54, 1.807) is 0 Å². The van der Waals surface area contributed by atoms with Crippen LogP contribution < -0.4 is 15.9 Å². The van der Waals surface area contributed by atoms with Crippen molar-refractivity contribution in [2.24, 2.45) is 0 Å². The zero-order valence-corrected chi connectivity index (χ0v) is 14.1. The minimum atomic E-state index is -1.69. The van der Waals surface area contributed by atoms with Gasteiger partial charge in [-0.05, 0) is 29.3 Å². The lowest BCUT2D eigenvalue weighted by Gasteiger charge is -2.38. The quantitative estimate of drug-likeness (QED) is 0.487. The van der Waals surface area contributed by atoms with Crippen molar-refractivity contribution in [3.63, 3.8) is 0 Å². The Morgan fingerprint density at radius 3 is 1.14 bits per heavy atom. The minimum absolute atomic E-state index is 0.659. The van der Waals surface area contributed by atoms with Crippen LogP contribution in [0.15, 0.2) is 91.0 Å². The molecule has 0 aliphatic rings. The SMILES string of the molecule is ClCC[P](c1ccccc1)(c1ccccc1)c1ccccc1. The maximum Gasteiger partial charge on any atom is 0.0268 e. The number of alkyl halides is 1. The predicted molar refractivity (Wildman–Crippen MR) is 101 cm³/mol. The summed E-state index contributed by atoms with van der Waals surface area (Å²) >= 11 is 6.26. The van der Waals surface area contributed by atoms with Crippen molar-refractivity contribution in [1.82, 2.24) is 0 Å². The lowest BCUT2D eigenvalue weighted by Crippen LogP contribution is -2.33. The number of hydrogen-bond acceptors (Lipinski definition) is 0. The van der Waals surface area contributed by atoms with Gasteiger partial charge in [-0.1, -0.05) is 91.0 Å². The fraction of sp³-hybridized carbons (Fsp3) is 0.100. The van der Waals surface area contributed by atoms with Crippen molar-refractivity contribution >= 4 is 34.8 Å². The summed E-state index contributed by atoms with van der Waals surface area (Å²) in [6, 6.07) is 32.5. The Bertz CT molecular complexity index is 599. The highest BCUT2D eigenvalue weighted by Gasteiger charge is 2.32. The number of hydrogen-bond donors (Lipinski definition) is 0. The molecular formula is C20H19ClP. The number of halogens is 1. The van der Waals surface area contributed by atoms with Gasteiger partial charge in [-0.25, -0.2) is 0 Å². The largest absolute Gasteiger partial charge is 0.126 e. The Morgan fingerprint density at radius 2 is 0.864 bits per heavy atom. The van der Waals surface area contributed by atoms with Crippen LogP contribution in [0.2, 0.25) is 0 Å². The Labute approximate surface area is 138 Å². The second-order valence-corrected chi connectivity index (χ2v) is 9.22. The summed E-state index contributed by atoms with van der Waals surface area (Å²) in [5.41, 5.74) is 0. The van der Waals surface area contributed by atoms with Gasteiger partial charge < -0.3 is 0 Å². The molecule has 0 amide bonds. The zero-order chi connectivity index (χ0) is 15.3. The summed E-state index contributed by atoms with van der Waals surface area (Å²) in [6.07, 6.45) is 0.979. The van der Waals surface area contributed by atoms with Crippen LogP contribution in [0.4, 0.5) is 0 Å². The van der Waals surface area contributed by atoms with E-state index >= 15 is 0 Å². The second-order valence-electron chi connectivity index (χ2n) is 5.23. The van der Waals surface area contributed by atoms with Crippen LogP contribution in [-0.4, -0.2) is 12.0 Å². The third-order valence-corrected chi connectivity index (χ3v) is 8.90. The van der Waals surface area contributed by atoms with Crippen LogP contribution in [-0.2, 0) is 0 Å². The Hall–Kier alpha value is -1.62. The van der Waals surface area contributed by atoms with Crippen molar-refractivity contribution in [2.75, 3.05) is 12.0 Å². The molecule has 0 saturated heterocycles. The molecule has 0 saturated carbocycles. The van der Waals surface area contributed by atoms with E-state index in [-0.39, 0.29) is 0 Å². The van der Waals surface area contributed by atoms with E-state index in [9.17, 15) is 0 Å². The van der Waals surface area contributed by atoms with E-state index in [0.29, 0.717) is 5.88 Å². The molecule has 0 spiro atoms. The lowest BCUT2D eigenvalue weighted by molar-refractivity contribution is 1.49. The molecular weight excluding hydrogens is 307 g/mol. The van der Waals surface area contributed by atoms with Crippen molar-refractivity contribution in [1.29, 1.82) is 0 Å². The lowest BCUT2D eigenvalue weighted by atomic mass is 10.4. The van der Waals surface area contributed by atoms with E-state index in [4.69, 9.17) is 11.6 Å². The molecule has 0 aliphatic heterocycles. The molecule has 0 fully saturated rings. The van der Waals surface area contributed by atoms with Crippen molar-refractivity contribution < 1.29 is 0 Å². The molecule has 0 unspecified atom stereocenters.